The van der Waals surface area contributed by atoms with E-state index in [0.29, 0.717) is 5.69 Å². The fourth-order valence-corrected chi connectivity index (χ4v) is 1.16. The van der Waals surface area contributed by atoms with E-state index in [9.17, 15) is 0 Å². The highest BCUT2D eigenvalue weighted by Gasteiger charge is 2.30. The van der Waals surface area contributed by atoms with Gasteiger partial charge in [-0.2, -0.15) is 0 Å². The zero-order valence-corrected chi connectivity index (χ0v) is 8.55. The molecule has 1 aromatic heterocycles. The van der Waals surface area contributed by atoms with Gasteiger partial charge in [0.25, 0.3) is 0 Å². The lowest BCUT2D eigenvalue weighted by Crippen LogP contribution is -2.21. The average molecular weight is 239 g/mol. The maximum absolute atomic E-state index is 8.61. The van der Waals surface area contributed by atoms with E-state index in [0.717, 1.165) is 0 Å². The summed E-state index contributed by atoms with van der Waals surface area (Å²) in [7, 11) is 0. The van der Waals surface area contributed by atoms with Gasteiger partial charge in [0.1, 0.15) is 0 Å². The van der Waals surface area contributed by atoms with Gasteiger partial charge in [0.05, 0.1) is 5.69 Å². The molecule has 0 amide bonds. The van der Waals surface area contributed by atoms with E-state index >= 15 is 0 Å². The minimum Gasteiger partial charge on any atom is -0.410 e. The molecule has 0 saturated carbocycles. The lowest BCUT2D eigenvalue weighted by Gasteiger charge is -2.11. The molecule has 0 radical (unpaired) electrons. The molecule has 0 aliphatic rings. The molecule has 1 N–H and O–H groups in total. The largest absolute Gasteiger partial charge is 0.410 e. The van der Waals surface area contributed by atoms with Crippen LogP contribution in [0.5, 0.6) is 0 Å². The smallest absolute Gasteiger partial charge is 0.237 e. The number of rotatable bonds is 1. The Morgan fingerprint density at radius 3 is 2.46 bits per heavy atom. The van der Waals surface area contributed by atoms with Crippen molar-refractivity contribution in [3.8, 4) is 0 Å². The second-order valence-corrected chi connectivity index (χ2v) is 4.44. The molecule has 0 aliphatic carbocycles. The van der Waals surface area contributed by atoms with E-state index in [2.05, 4.69) is 10.1 Å². The van der Waals surface area contributed by atoms with E-state index in [1.54, 1.807) is 18.2 Å². The summed E-state index contributed by atoms with van der Waals surface area (Å²) in [5.41, 5.74) is 0.225. The van der Waals surface area contributed by atoms with Crippen LogP contribution in [0, 0.1) is 0 Å². The summed E-state index contributed by atoms with van der Waals surface area (Å²) < 4.78 is -1.77. The molecule has 0 saturated heterocycles. The predicted octanol–water partition coefficient (Wildman–Crippen LogP) is 2.63. The standard InChI is InChI=1S/C7H5Cl3N2O/c8-7(9,10)6(12-13)5-3-1-2-4-11-5/h1-4,13H. The Morgan fingerprint density at radius 2 is 2.08 bits per heavy atom. The minimum absolute atomic E-state index is 0.0990. The van der Waals surface area contributed by atoms with E-state index < -0.39 is 3.79 Å². The third kappa shape index (κ3) is 2.72. The molecular formula is C7H5Cl3N2O. The van der Waals surface area contributed by atoms with E-state index in [1.807, 2.05) is 0 Å². The van der Waals surface area contributed by atoms with Crippen molar-refractivity contribution in [1.29, 1.82) is 0 Å². The number of oxime groups is 1. The van der Waals surface area contributed by atoms with Gasteiger partial charge in [0.15, 0.2) is 5.71 Å². The summed E-state index contributed by atoms with van der Waals surface area (Å²) in [5.74, 6) is 0. The van der Waals surface area contributed by atoms with Gasteiger partial charge in [-0.05, 0) is 12.1 Å². The Balaban J connectivity index is 3.08. The molecule has 6 heteroatoms. The topological polar surface area (TPSA) is 45.5 Å². The number of aromatic nitrogens is 1. The molecule has 70 valence electrons. The highest BCUT2D eigenvalue weighted by atomic mass is 35.6. The van der Waals surface area contributed by atoms with Crippen molar-refractivity contribution in [1.82, 2.24) is 4.98 Å². The lowest BCUT2D eigenvalue weighted by molar-refractivity contribution is 0.318. The van der Waals surface area contributed by atoms with Crippen LogP contribution in [-0.4, -0.2) is 19.7 Å². The predicted molar refractivity (Wildman–Crippen MR) is 52.9 cm³/mol. The van der Waals surface area contributed by atoms with Crippen molar-refractivity contribution in [2.24, 2.45) is 5.16 Å². The first-order valence-electron chi connectivity index (χ1n) is 3.26. The Hall–Kier alpha value is -0.510. The van der Waals surface area contributed by atoms with Crippen LogP contribution in [0.2, 0.25) is 0 Å². The molecule has 0 spiro atoms. The highest BCUT2D eigenvalue weighted by Crippen LogP contribution is 2.30. The number of nitrogens with zero attached hydrogens (tertiary/aromatic N) is 2. The maximum atomic E-state index is 8.61. The van der Waals surface area contributed by atoms with E-state index in [4.69, 9.17) is 40.0 Å². The molecule has 0 bridgehead atoms. The normalized spacial score (nSPS) is 13.0. The molecule has 3 nitrogen and oxygen atoms in total. The fourth-order valence-electron chi connectivity index (χ4n) is 0.756. The van der Waals surface area contributed by atoms with Gasteiger partial charge in [0, 0.05) is 6.20 Å². The third-order valence-electron chi connectivity index (χ3n) is 1.28. The number of pyridine rings is 1. The average Bonchev–Trinajstić information content (AvgIpc) is 2.05. The maximum Gasteiger partial charge on any atom is 0.237 e. The lowest BCUT2D eigenvalue weighted by atomic mass is 10.2. The number of hydrogen-bond acceptors (Lipinski definition) is 3. The Morgan fingerprint density at radius 1 is 1.38 bits per heavy atom. The monoisotopic (exact) mass is 238 g/mol. The van der Waals surface area contributed by atoms with Crippen LogP contribution in [0.3, 0.4) is 0 Å². The van der Waals surface area contributed by atoms with E-state index in [1.165, 1.54) is 6.20 Å². The van der Waals surface area contributed by atoms with Gasteiger partial charge in [-0.3, -0.25) is 4.98 Å². The van der Waals surface area contributed by atoms with Crippen LogP contribution in [0.25, 0.3) is 0 Å². The van der Waals surface area contributed by atoms with Gasteiger partial charge < -0.3 is 5.21 Å². The van der Waals surface area contributed by atoms with Crippen molar-refractivity contribution in [2.45, 2.75) is 3.79 Å². The van der Waals surface area contributed by atoms with Crippen molar-refractivity contribution in [3.05, 3.63) is 30.1 Å². The number of alkyl halides is 3. The summed E-state index contributed by atoms with van der Waals surface area (Å²) >= 11 is 16.6. The minimum atomic E-state index is -1.77. The van der Waals surface area contributed by atoms with Crippen LogP contribution in [0.15, 0.2) is 29.6 Å². The van der Waals surface area contributed by atoms with Gasteiger partial charge in [-0.25, -0.2) is 0 Å². The molecule has 1 heterocycles. The molecule has 0 atom stereocenters. The number of hydrogen-bond donors (Lipinski definition) is 1. The zero-order chi connectivity index (χ0) is 9.90. The molecule has 0 aliphatic heterocycles. The van der Waals surface area contributed by atoms with Crippen molar-refractivity contribution in [3.63, 3.8) is 0 Å². The van der Waals surface area contributed by atoms with Gasteiger partial charge in [0.2, 0.25) is 3.79 Å². The van der Waals surface area contributed by atoms with Gasteiger partial charge in [-0.15, -0.1) is 0 Å². The Kier molecular flexibility index (Phi) is 3.36. The molecule has 13 heavy (non-hydrogen) atoms. The third-order valence-corrected chi connectivity index (χ3v) is 1.81. The first kappa shape index (κ1) is 10.6. The van der Waals surface area contributed by atoms with Crippen LogP contribution < -0.4 is 0 Å². The zero-order valence-electron chi connectivity index (χ0n) is 6.28. The fraction of sp³-hybridized carbons (Fsp3) is 0.143. The van der Waals surface area contributed by atoms with Gasteiger partial charge >= 0.3 is 0 Å². The second-order valence-electron chi connectivity index (χ2n) is 2.16. The number of halogens is 3. The van der Waals surface area contributed by atoms with Gasteiger partial charge in [-0.1, -0.05) is 46.0 Å². The SMILES string of the molecule is ON=C(c1ccccn1)C(Cl)(Cl)Cl. The molecule has 1 aromatic rings. The van der Waals surface area contributed by atoms with Crippen LogP contribution in [0.1, 0.15) is 5.69 Å². The summed E-state index contributed by atoms with van der Waals surface area (Å²) in [5, 5.41) is 11.5. The first-order valence-corrected chi connectivity index (χ1v) is 4.39. The summed E-state index contributed by atoms with van der Waals surface area (Å²) in [4.78, 5) is 3.87. The first-order chi connectivity index (χ1) is 6.05. The molecule has 0 unspecified atom stereocenters. The molecule has 0 fully saturated rings. The van der Waals surface area contributed by atoms with Crippen LogP contribution in [-0.2, 0) is 0 Å². The quantitative estimate of drug-likeness (QED) is 0.354. The summed E-state index contributed by atoms with van der Waals surface area (Å²) in [6.45, 7) is 0. The molecule has 0 aromatic carbocycles. The van der Waals surface area contributed by atoms with Crippen LogP contribution >= 0.6 is 34.8 Å². The van der Waals surface area contributed by atoms with Crippen molar-refractivity contribution < 1.29 is 5.21 Å². The molecular weight excluding hydrogens is 234 g/mol. The van der Waals surface area contributed by atoms with E-state index in [-0.39, 0.29) is 5.71 Å². The summed E-state index contributed by atoms with van der Waals surface area (Å²) in [6.07, 6.45) is 1.51. The van der Waals surface area contributed by atoms with Crippen molar-refractivity contribution >= 4 is 40.5 Å². The summed E-state index contributed by atoms with van der Waals surface area (Å²) in [6, 6.07) is 4.98. The van der Waals surface area contributed by atoms with Crippen molar-refractivity contribution in [2.75, 3.05) is 0 Å². The Labute approximate surface area is 89.9 Å². The highest BCUT2D eigenvalue weighted by molar-refractivity contribution is 6.77. The Bertz CT molecular complexity index is 307. The van der Waals surface area contributed by atoms with Crippen LogP contribution in [0.4, 0.5) is 0 Å². The molecule has 1 rings (SSSR count). The second kappa shape index (κ2) is 4.13.